The Morgan fingerprint density at radius 2 is 2.06 bits per heavy atom. The van der Waals surface area contributed by atoms with Crippen LogP contribution in [0.1, 0.15) is 32.8 Å². The molecule has 1 aliphatic heterocycles. The largest absolute Gasteiger partial charge is 0.476 e. The molecule has 0 aliphatic carbocycles. The number of benzene rings is 1. The molecule has 0 bridgehead atoms. The van der Waals surface area contributed by atoms with Crippen LogP contribution < -0.4 is 9.64 Å². The van der Waals surface area contributed by atoms with Crippen LogP contribution in [-0.4, -0.2) is 18.1 Å². The van der Waals surface area contributed by atoms with Gasteiger partial charge in [0.1, 0.15) is 5.75 Å². The zero-order chi connectivity index (χ0) is 12.6. The maximum absolute atomic E-state index is 12.3. The second-order valence-corrected chi connectivity index (χ2v) is 5.04. The molecule has 0 saturated heterocycles. The maximum atomic E-state index is 12.3. The van der Waals surface area contributed by atoms with E-state index in [4.69, 9.17) is 4.74 Å². The van der Waals surface area contributed by atoms with Crippen LogP contribution in [-0.2, 0) is 4.79 Å². The van der Waals surface area contributed by atoms with E-state index >= 15 is 0 Å². The topological polar surface area (TPSA) is 29.5 Å². The molecular weight excluding hydrogens is 214 g/mol. The molecular formula is C14H19NO2. The molecule has 92 valence electrons. The highest BCUT2D eigenvalue weighted by molar-refractivity contribution is 6.02. The molecule has 1 amide bonds. The number of hydrogen-bond donors (Lipinski definition) is 0. The Balaban J connectivity index is 2.51. The van der Waals surface area contributed by atoms with E-state index in [2.05, 4.69) is 6.92 Å². The number of aryl methyl sites for hydroxylation is 1. The van der Waals surface area contributed by atoms with Crippen molar-refractivity contribution >= 4 is 11.6 Å². The Kier molecular flexibility index (Phi) is 2.86. The first-order valence-electron chi connectivity index (χ1n) is 6.07. The van der Waals surface area contributed by atoms with Crippen molar-refractivity contribution in [3.8, 4) is 5.75 Å². The van der Waals surface area contributed by atoms with Gasteiger partial charge in [-0.1, -0.05) is 13.0 Å². The van der Waals surface area contributed by atoms with E-state index in [1.165, 1.54) is 0 Å². The average Bonchev–Trinajstić information content (AvgIpc) is 2.26. The van der Waals surface area contributed by atoms with Crippen molar-refractivity contribution in [2.45, 2.75) is 39.7 Å². The van der Waals surface area contributed by atoms with E-state index in [9.17, 15) is 4.79 Å². The van der Waals surface area contributed by atoms with Gasteiger partial charge in [0.2, 0.25) is 0 Å². The molecule has 0 unspecified atom stereocenters. The summed E-state index contributed by atoms with van der Waals surface area (Å²) in [5.74, 6) is 0.839. The standard InChI is InChI=1S/C14H19NO2/c1-5-8-15-11-9-10(2)6-7-12(11)17-14(3,4)13(15)16/h6-7,9H,5,8H2,1-4H3. The van der Waals surface area contributed by atoms with E-state index in [1.54, 1.807) is 0 Å². The van der Waals surface area contributed by atoms with Gasteiger partial charge in [0.25, 0.3) is 5.91 Å². The van der Waals surface area contributed by atoms with Crippen LogP contribution in [0, 0.1) is 6.92 Å². The monoisotopic (exact) mass is 233 g/mol. The SMILES string of the molecule is CCCN1C(=O)C(C)(C)Oc2ccc(C)cc21. The number of rotatable bonds is 2. The van der Waals surface area contributed by atoms with Crippen molar-refractivity contribution in [3.05, 3.63) is 23.8 Å². The summed E-state index contributed by atoms with van der Waals surface area (Å²) in [6.45, 7) is 8.48. The van der Waals surface area contributed by atoms with E-state index < -0.39 is 5.60 Å². The fourth-order valence-electron chi connectivity index (χ4n) is 2.12. The van der Waals surface area contributed by atoms with Gasteiger partial charge in [-0.15, -0.1) is 0 Å². The summed E-state index contributed by atoms with van der Waals surface area (Å²) in [4.78, 5) is 14.2. The summed E-state index contributed by atoms with van der Waals surface area (Å²) in [7, 11) is 0. The first kappa shape index (κ1) is 12.0. The van der Waals surface area contributed by atoms with Crippen molar-refractivity contribution in [2.24, 2.45) is 0 Å². The van der Waals surface area contributed by atoms with Crippen molar-refractivity contribution in [3.63, 3.8) is 0 Å². The molecule has 0 fully saturated rings. The number of carbonyl (C=O) groups excluding carboxylic acids is 1. The van der Waals surface area contributed by atoms with Gasteiger partial charge in [-0.2, -0.15) is 0 Å². The molecule has 1 aromatic rings. The van der Waals surface area contributed by atoms with Crippen molar-refractivity contribution < 1.29 is 9.53 Å². The van der Waals surface area contributed by atoms with E-state index in [1.807, 2.05) is 43.9 Å². The number of fused-ring (bicyclic) bond motifs is 1. The molecule has 0 N–H and O–H groups in total. The molecule has 1 aromatic carbocycles. The van der Waals surface area contributed by atoms with Crippen molar-refractivity contribution in [1.29, 1.82) is 0 Å². The van der Waals surface area contributed by atoms with E-state index in [0.29, 0.717) is 0 Å². The van der Waals surface area contributed by atoms with Gasteiger partial charge in [-0.25, -0.2) is 0 Å². The zero-order valence-electron chi connectivity index (χ0n) is 10.9. The lowest BCUT2D eigenvalue weighted by molar-refractivity contribution is -0.132. The molecule has 0 atom stereocenters. The highest BCUT2D eigenvalue weighted by Gasteiger charge is 2.40. The van der Waals surface area contributed by atoms with Crippen LogP contribution in [0.3, 0.4) is 0 Å². The van der Waals surface area contributed by atoms with Gasteiger partial charge >= 0.3 is 0 Å². The fraction of sp³-hybridized carbons (Fsp3) is 0.500. The number of anilines is 1. The minimum atomic E-state index is -0.766. The Bertz CT molecular complexity index is 452. The van der Waals surface area contributed by atoms with Crippen LogP contribution in [0.2, 0.25) is 0 Å². The highest BCUT2D eigenvalue weighted by atomic mass is 16.5. The van der Waals surface area contributed by atoms with Gasteiger partial charge in [-0.3, -0.25) is 4.79 Å². The highest BCUT2D eigenvalue weighted by Crippen LogP contribution is 2.38. The third-order valence-corrected chi connectivity index (χ3v) is 2.98. The fourth-order valence-corrected chi connectivity index (χ4v) is 2.12. The zero-order valence-corrected chi connectivity index (χ0v) is 10.9. The Hall–Kier alpha value is -1.51. The first-order chi connectivity index (χ1) is 7.95. The summed E-state index contributed by atoms with van der Waals surface area (Å²) in [6.07, 6.45) is 0.940. The molecule has 0 spiro atoms. The quantitative estimate of drug-likeness (QED) is 0.786. The number of nitrogens with zero attached hydrogens (tertiary/aromatic N) is 1. The molecule has 0 aromatic heterocycles. The summed E-state index contributed by atoms with van der Waals surface area (Å²) in [6, 6.07) is 5.97. The Morgan fingerprint density at radius 1 is 1.35 bits per heavy atom. The van der Waals surface area contributed by atoms with Gasteiger partial charge in [0.15, 0.2) is 5.60 Å². The number of amides is 1. The first-order valence-corrected chi connectivity index (χ1v) is 6.07. The van der Waals surface area contributed by atoms with Crippen LogP contribution in [0.5, 0.6) is 5.75 Å². The number of hydrogen-bond acceptors (Lipinski definition) is 2. The predicted molar refractivity (Wildman–Crippen MR) is 68.5 cm³/mol. The molecule has 0 radical (unpaired) electrons. The minimum absolute atomic E-state index is 0.0393. The third kappa shape index (κ3) is 2.02. The molecule has 2 rings (SSSR count). The van der Waals surface area contributed by atoms with Crippen LogP contribution in [0.15, 0.2) is 18.2 Å². The smallest absolute Gasteiger partial charge is 0.270 e. The third-order valence-electron chi connectivity index (χ3n) is 2.98. The molecule has 17 heavy (non-hydrogen) atoms. The van der Waals surface area contributed by atoms with Crippen LogP contribution in [0.4, 0.5) is 5.69 Å². The lowest BCUT2D eigenvalue weighted by Gasteiger charge is -2.38. The second-order valence-electron chi connectivity index (χ2n) is 5.04. The summed E-state index contributed by atoms with van der Waals surface area (Å²) < 4.78 is 5.77. The number of carbonyl (C=O) groups is 1. The summed E-state index contributed by atoms with van der Waals surface area (Å²) in [5.41, 5.74) is 1.27. The van der Waals surface area contributed by atoms with Gasteiger partial charge in [-0.05, 0) is 44.9 Å². The van der Waals surface area contributed by atoms with E-state index in [0.717, 1.165) is 30.0 Å². The van der Waals surface area contributed by atoms with Crippen molar-refractivity contribution in [1.82, 2.24) is 0 Å². The van der Waals surface area contributed by atoms with Gasteiger partial charge < -0.3 is 9.64 Å². The second kappa shape index (κ2) is 4.06. The Morgan fingerprint density at radius 3 is 2.71 bits per heavy atom. The predicted octanol–water partition coefficient (Wildman–Crippen LogP) is 2.91. The minimum Gasteiger partial charge on any atom is -0.476 e. The molecule has 1 heterocycles. The molecule has 3 nitrogen and oxygen atoms in total. The van der Waals surface area contributed by atoms with Gasteiger partial charge in [0, 0.05) is 6.54 Å². The van der Waals surface area contributed by atoms with Crippen LogP contribution in [0.25, 0.3) is 0 Å². The molecule has 3 heteroatoms. The summed E-state index contributed by atoms with van der Waals surface area (Å²) in [5, 5.41) is 0. The lowest BCUT2D eigenvalue weighted by Crippen LogP contribution is -2.52. The number of ether oxygens (including phenoxy) is 1. The van der Waals surface area contributed by atoms with Crippen molar-refractivity contribution in [2.75, 3.05) is 11.4 Å². The summed E-state index contributed by atoms with van der Waals surface area (Å²) >= 11 is 0. The van der Waals surface area contributed by atoms with Gasteiger partial charge in [0.05, 0.1) is 5.69 Å². The molecule has 1 aliphatic rings. The lowest BCUT2D eigenvalue weighted by atomic mass is 10.0. The Labute approximate surface area is 102 Å². The normalized spacial score (nSPS) is 17.6. The van der Waals surface area contributed by atoms with Crippen LogP contribution >= 0.6 is 0 Å². The maximum Gasteiger partial charge on any atom is 0.270 e. The molecule has 0 saturated carbocycles. The van der Waals surface area contributed by atoms with E-state index in [-0.39, 0.29) is 5.91 Å². The average molecular weight is 233 g/mol.